The van der Waals surface area contributed by atoms with Gasteiger partial charge in [-0.25, -0.2) is 0 Å². The quantitative estimate of drug-likeness (QED) is 0.464. The zero-order valence-electron chi connectivity index (χ0n) is 9.60. The summed E-state index contributed by atoms with van der Waals surface area (Å²) in [7, 11) is 0. The molecule has 4 nitrogen and oxygen atoms in total. The second kappa shape index (κ2) is 5.92. The van der Waals surface area contributed by atoms with E-state index in [2.05, 4.69) is 15.4 Å². The van der Waals surface area contributed by atoms with E-state index in [1.165, 1.54) is 38.5 Å². The summed E-state index contributed by atoms with van der Waals surface area (Å²) in [5.74, 6) is 6.27. The van der Waals surface area contributed by atoms with Gasteiger partial charge in [0, 0.05) is 12.4 Å². The Kier molecular flexibility index (Phi) is 4.25. The maximum absolute atomic E-state index is 5.67. The van der Waals surface area contributed by atoms with Gasteiger partial charge in [0.2, 0.25) is 0 Å². The van der Waals surface area contributed by atoms with Crippen LogP contribution in [0.1, 0.15) is 50.3 Å². The highest BCUT2D eigenvalue weighted by Crippen LogP contribution is 2.31. The van der Waals surface area contributed by atoms with Crippen molar-refractivity contribution in [1.29, 1.82) is 0 Å². The van der Waals surface area contributed by atoms with E-state index in [-0.39, 0.29) is 6.04 Å². The molecule has 0 amide bonds. The fourth-order valence-electron chi connectivity index (χ4n) is 2.58. The molecule has 1 saturated carbocycles. The van der Waals surface area contributed by atoms with Gasteiger partial charge in [-0.3, -0.25) is 21.2 Å². The van der Waals surface area contributed by atoms with Crippen LogP contribution < -0.4 is 11.3 Å². The first-order valence-electron chi connectivity index (χ1n) is 6.14. The first kappa shape index (κ1) is 11.5. The fourth-order valence-corrected chi connectivity index (χ4v) is 2.58. The molecule has 88 valence electrons. The average Bonchev–Trinajstić information content (AvgIpc) is 2.61. The molecular weight excluding hydrogens is 200 g/mol. The Morgan fingerprint density at radius 1 is 1.19 bits per heavy atom. The van der Waals surface area contributed by atoms with Crippen LogP contribution in [0.15, 0.2) is 18.6 Å². The Morgan fingerprint density at radius 3 is 2.50 bits per heavy atom. The SMILES string of the molecule is NNC(c1cnccn1)C1CCCCCC1. The lowest BCUT2D eigenvalue weighted by Gasteiger charge is -2.24. The minimum absolute atomic E-state index is 0.159. The molecule has 1 atom stereocenters. The van der Waals surface area contributed by atoms with Crippen molar-refractivity contribution in [2.24, 2.45) is 11.8 Å². The van der Waals surface area contributed by atoms with Crippen LogP contribution in [0.2, 0.25) is 0 Å². The molecule has 16 heavy (non-hydrogen) atoms. The lowest BCUT2D eigenvalue weighted by Crippen LogP contribution is -2.34. The van der Waals surface area contributed by atoms with Crippen molar-refractivity contribution in [2.75, 3.05) is 0 Å². The van der Waals surface area contributed by atoms with E-state index in [0.29, 0.717) is 5.92 Å². The van der Waals surface area contributed by atoms with Crippen molar-refractivity contribution < 1.29 is 0 Å². The third-order valence-electron chi connectivity index (χ3n) is 3.45. The molecule has 0 aliphatic heterocycles. The van der Waals surface area contributed by atoms with Crippen molar-refractivity contribution in [2.45, 2.75) is 44.6 Å². The normalized spacial score (nSPS) is 20.3. The van der Waals surface area contributed by atoms with Gasteiger partial charge in [0.25, 0.3) is 0 Å². The predicted molar refractivity (Wildman–Crippen MR) is 63.3 cm³/mol. The van der Waals surface area contributed by atoms with Gasteiger partial charge < -0.3 is 0 Å². The van der Waals surface area contributed by atoms with E-state index in [0.717, 1.165) is 5.69 Å². The second-order valence-corrected chi connectivity index (χ2v) is 4.53. The number of rotatable bonds is 3. The Hall–Kier alpha value is -1.00. The van der Waals surface area contributed by atoms with Gasteiger partial charge in [0.15, 0.2) is 0 Å². The van der Waals surface area contributed by atoms with Crippen LogP contribution in [0.3, 0.4) is 0 Å². The molecule has 1 aromatic rings. The lowest BCUT2D eigenvalue weighted by atomic mass is 9.90. The first-order valence-corrected chi connectivity index (χ1v) is 6.14. The van der Waals surface area contributed by atoms with Crippen molar-refractivity contribution in [3.63, 3.8) is 0 Å². The van der Waals surface area contributed by atoms with Gasteiger partial charge in [-0.2, -0.15) is 0 Å². The van der Waals surface area contributed by atoms with Crippen LogP contribution in [-0.2, 0) is 0 Å². The van der Waals surface area contributed by atoms with Gasteiger partial charge in [0.05, 0.1) is 17.9 Å². The Morgan fingerprint density at radius 2 is 1.94 bits per heavy atom. The summed E-state index contributed by atoms with van der Waals surface area (Å²) in [5, 5.41) is 0. The summed E-state index contributed by atoms with van der Waals surface area (Å²) in [4.78, 5) is 8.46. The minimum Gasteiger partial charge on any atom is -0.271 e. The monoisotopic (exact) mass is 220 g/mol. The lowest BCUT2D eigenvalue weighted by molar-refractivity contribution is 0.323. The number of hydrogen-bond donors (Lipinski definition) is 2. The van der Waals surface area contributed by atoms with Crippen molar-refractivity contribution in [1.82, 2.24) is 15.4 Å². The van der Waals surface area contributed by atoms with E-state index < -0.39 is 0 Å². The Bertz CT molecular complexity index is 293. The van der Waals surface area contributed by atoms with E-state index >= 15 is 0 Å². The highest BCUT2D eigenvalue weighted by molar-refractivity contribution is 5.03. The van der Waals surface area contributed by atoms with Gasteiger partial charge in [-0.05, 0) is 18.8 Å². The van der Waals surface area contributed by atoms with Gasteiger partial charge in [-0.1, -0.05) is 25.7 Å². The third kappa shape index (κ3) is 2.77. The molecule has 1 aromatic heterocycles. The van der Waals surface area contributed by atoms with E-state index in [4.69, 9.17) is 5.84 Å². The summed E-state index contributed by atoms with van der Waals surface area (Å²) in [6.45, 7) is 0. The molecule has 1 heterocycles. The highest BCUT2D eigenvalue weighted by atomic mass is 15.2. The Labute approximate surface area is 96.6 Å². The van der Waals surface area contributed by atoms with Crippen LogP contribution in [0.25, 0.3) is 0 Å². The molecule has 0 spiro atoms. The van der Waals surface area contributed by atoms with Crippen LogP contribution >= 0.6 is 0 Å². The molecule has 1 aliphatic rings. The maximum atomic E-state index is 5.67. The molecule has 1 unspecified atom stereocenters. The van der Waals surface area contributed by atoms with Crippen LogP contribution in [0, 0.1) is 5.92 Å². The summed E-state index contributed by atoms with van der Waals surface area (Å²) in [5.41, 5.74) is 3.88. The maximum Gasteiger partial charge on any atom is 0.0772 e. The second-order valence-electron chi connectivity index (χ2n) is 4.53. The van der Waals surface area contributed by atoms with E-state index in [1.807, 2.05) is 6.20 Å². The fraction of sp³-hybridized carbons (Fsp3) is 0.667. The van der Waals surface area contributed by atoms with Gasteiger partial charge >= 0.3 is 0 Å². The number of hydrazine groups is 1. The molecule has 2 rings (SSSR count). The third-order valence-corrected chi connectivity index (χ3v) is 3.45. The molecule has 3 N–H and O–H groups in total. The van der Waals surface area contributed by atoms with Crippen LogP contribution in [-0.4, -0.2) is 9.97 Å². The smallest absolute Gasteiger partial charge is 0.0772 e. The minimum atomic E-state index is 0.159. The summed E-state index contributed by atoms with van der Waals surface area (Å²) in [6, 6.07) is 0.159. The molecule has 0 saturated heterocycles. The van der Waals surface area contributed by atoms with Crippen molar-refractivity contribution in [3.8, 4) is 0 Å². The largest absolute Gasteiger partial charge is 0.271 e. The van der Waals surface area contributed by atoms with E-state index in [1.54, 1.807) is 12.4 Å². The molecule has 4 heteroatoms. The number of nitrogens with zero attached hydrogens (tertiary/aromatic N) is 2. The molecule has 1 fully saturated rings. The zero-order valence-corrected chi connectivity index (χ0v) is 9.60. The molecule has 1 aliphatic carbocycles. The number of hydrogen-bond acceptors (Lipinski definition) is 4. The standard InChI is InChI=1S/C12H20N4/c13-16-12(11-9-14-7-8-15-11)10-5-3-1-2-4-6-10/h7-10,12,16H,1-6,13H2. The summed E-state index contributed by atoms with van der Waals surface area (Å²) in [6.07, 6.45) is 13.1. The average molecular weight is 220 g/mol. The molecule has 0 radical (unpaired) electrons. The number of nitrogens with two attached hydrogens (primary N) is 1. The molecule has 0 bridgehead atoms. The van der Waals surface area contributed by atoms with Crippen LogP contribution in [0.5, 0.6) is 0 Å². The Balaban J connectivity index is 2.09. The molecule has 0 aromatic carbocycles. The van der Waals surface area contributed by atoms with Crippen LogP contribution in [0.4, 0.5) is 0 Å². The summed E-state index contributed by atoms with van der Waals surface area (Å²) < 4.78 is 0. The van der Waals surface area contributed by atoms with Crippen molar-refractivity contribution >= 4 is 0 Å². The number of aromatic nitrogens is 2. The first-order chi connectivity index (χ1) is 7.92. The summed E-state index contributed by atoms with van der Waals surface area (Å²) >= 11 is 0. The molecular formula is C12H20N4. The highest BCUT2D eigenvalue weighted by Gasteiger charge is 2.24. The topological polar surface area (TPSA) is 63.8 Å². The predicted octanol–water partition coefficient (Wildman–Crippen LogP) is 1.95. The van der Waals surface area contributed by atoms with Gasteiger partial charge in [0.1, 0.15) is 0 Å². The van der Waals surface area contributed by atoms with E-state index in [9.17, 15) is 0 Å². The van der Waals surface area contributed by atoms with Gasteiger partial charge in [-0.15, -0.1) is 0 Å². The van der Waals surface area contributed by atoms with Crippen molar-refractivity contribution in [3.05, 3.63) is 24.3 Å². The number of nitrogens with one attached hydrogen (secondary N) is 1. The zero-order chi connectivity index (χ0) is 11.2.